The normalized spacial score (nSPS) is 11.0. The van der Waals surface area contributed by atoms with Crippen molar-refractivity contribution in [1.29, 1.82) is 0 Å². The molecule has 10 rings (SSSR count). The zero-order chi connectivity index (χ0) is 40.1. The summed E-state index contributed by atoms with van der Waals surface area (Å²) in [6.45, 7) is 0. The molecule has 10 aromatic rings. The van der Waals surface area contributed by atoms with Crippen molar-refractivity contribution in [2.24, 2.45) is 0 Å². The molecule has 60 heavy (non-hydrogen) atoms. The third kappa shape index (κ3) is 7.35. The maximum absolute atomic E-state index is 2.40. The summed E-state index contributed by atoms with van der Waals surface area (Å²) in [7, 11) is 0. The molecule has 0 saturated carbocycles. The van der Waals surface area contributed by atoms with Gasteiger partial charge in [0.15, 0.2) is 0 Å². The minimum atomic E-state index is 1.11. The van der Waals surface area contributed by atoms with Crippen LogP contribution in [-0.4, -0.2) is 0 Å². The van der Waals surface area contributed by atoms with Crippen LogP contribution in [0.15, 0.2) is 241 Å². The van der Waals surface area contributed by atoms with E-state index < -0.39 is 0 Å². The minimum absolute atomic E-state index is 1.11. The highest BCUT2D eigenvalue weighted by Gasteiger charge is 2.25. The van der Waals surface area contributed by atoms with Crippen LogP contribution in [0.4, 0.5) is 32.8 Å². The Balaban J connectivity index is 1.03. The van der Waals surface area contributed by atoms with Crippen molar-refractivity contribution < 1.29 is 0 Å². The van der Waals surface area contributed by atoms with E-state index in [9.17, 15) is 0 Å². The molecule has 0 aliphatic rings. The molecule has 0 spiro atoms. The van der Waals surface area contributed by atoms with Gasteiger partial charge in [-0.15, -0.1) is 22.7 Å². The van der Waals surface area contributed by atoms with Crippen LogP contribution in [0.2, 0.25) is 0 Å². The van der Waals surface area contributed by atoms with E-state index in [2.05, 4.69) is 251 Å². The van der Waals surface area contributed by atoms with Gasteiger partial charge in [0.2, 0.25) is 0 Å². The van der Waals surface area contributed by atoms with E-state index in [1.165, 1.54) is 54.5 Å². The molecule has 0 unspecified atom stereocenters. The summed E-state index contributed by atoms with van der Waals surface area (Å²) in [6, 6.07) is 82.4. The highest BCUT2D eigenvalue weighted by molar-refractivity contribution is 7.16. The van der Waals surface area contributed by atoms with E-state index in [-0.39, 0.29) is 0 Å². The van der Waals surface area contributed by atoms with E-state index in [1.54, 1.807) is 22.7 Å². The van der Waals surface area contributed by atoms with Crippen LogP contribution < -0.4 is 9.80 Å². The Hall–Kier alpha value is -7.24. The quantitative estimate of drug-likeness (QED) is 0.128. The van der Waals surface area contributed by atoms with E-state index in [0.29, 0.717) is 0 Å². The van der Waals surface area contributed by atoms with Crippen LogP contribution in [0.5, 0.6) is 0 Å². The Bertz CT molecular complexity index is 2720. The Morgan fingerprint density at radius 2 is 0.500 bits per heavy atom. The number of benzene rings is 8. The van der Waals surface area contributed by atoms with Gasteiger partial charge in [0.05, 0.1) is 0 Å². The zero-order valence-electron chi connectivity index (χ0n) is 32.8. The number of hydrogen-bond donors (Lipinski definition) is 0. The van der Waals surface area contributed by atoms with Gasteiger partial charge in [0.25, 0.3) is 0 Å². The van der Waals surface area contributed by atoms with Gasteiger partial charge in [-0.1, -0.05) is 182 Å². The number of hydrogen-bond acceptors (Lipinski definition) is 4. The SMILES string of the molecule is c1ccc(-c2csc(N(c3ccccc3)c3ccc(-c4ccc(N(c5ccccc5)c5scc(-c6ccccc6)c5-c5ccccc5)cc4)cc3)c2-c2ccccc2)cc1. The highest BCUT2D eigenvalue weighted by Crippen LogP contribution is 2.51. The number of rotatable bonds is 11. The molecule has 0 atom stereocenters. The molecule has 0 amide bonds. The first-order valence-electron chi connectivity index (χ1n) is 20.2. The third-order valence-corrected chi connectivity index (χ3v) is 12.8. The van der Waals surface area contributed by atoms with E-state index in [4.69, 9.17) is 0 Å². The number of anilines is 6. The highest BCUT2D eigenvalue weighted by atomic mass is 32.1. The molecule has 0 aliphatic carbocycles. The molecular formula is C56H40N2S2. The smallest absolute Gasteiger partial charge is 0.109 e. The van der Waals surface area contributed by atoms with E-state index in [1.807, 2.05) is 0 Å². The molecule has 8 aromatic carbocycles. The van der Waals surface area contributed by atoms with Crippen molar-refractivity contribution in [3.8, 4) is 55.6 Å². The lowest BCUT2D eigenvalue weighted by Crippen LogP contribution is -2.09. The molecule has 0 aliphatic heterocycles. The first-order valence-corrected chi connectivity index (χ1v) is 21.9. The molecule has 2 aromatic heterocycles. The van der Waals surface area contributed by atoms with E-state index in [0.717, 1.165) is 33.9 Å². The molecule has 0 bridgehead atoms. The molecule has 0 N–H and O–H groups in total. The van der Waals surface area contributed by atoms with Crippen molar-refractivity contribution in [2.45, 2.75) is 0 Å². The summed E-state index contributed by atoms with van der Waals surface area (Å²) in [5.74, 6) is 0. The zero-order valence-corrected chi connectivity index (χ0v) is 34.4. The summed E-state index contributed by atoms with van der Waals surface area (Å²) >= 11 is 3.57. The first-order chi connectivity index (χ1) is 29.8. The summed E-state index contributed by atoms with van der Waals surface area (Å²) in [4.78, 5) is 4.80. The summed E-state index contributed by atoms with van der Waals surface area (Å²) < 4.78 is 0. The number of nitrogens with zero attached hydrogens (tertiary/aromatic N) is 2. The second kappa shape index (κ2) is 16.9. The van der Waals surface area contributed by atoms with Gasteiger partial charge in [0, 0.05) is 55.8 Å². The fraction of sp³-hybridized carbons (Fsp3) is 0. The molecule has 0 fully saturated rings. The lowest BCUT2D eigenvalue weighted by atomic mass is 9.97. The second-order valence-corrected chi connectivity index (χ2v) is 16.3. The number of thiophene rings is 2. The van der Waals surface area contributed by atoms with Crippen LogP contribution >= 0.6 is 22.7 Å². The average molecular weight is 805 g/mol. The molecule has 4 heteroatoms. The van der Waals surface area contributed by atoms with Gasteiger partial charge in [-0.25, -0.2) is 0 Å². The van der Waals surface area contributed by atoms with Crippen LogP contribution in [0.25, 0.3) is 55.6 Å². The Morgan fingerprint density at radius 3 is 0.817 bits per heavy atom. The van der Waals surface area contributed by atoms with Gasteiger partial charge >= 0.3 is 0 Å². The largest absolute Gasteiger partial charge is 0.301 e. The molecule has 0 radical (unpaired) electrons. The van der Waals surface area contributed by atoms with Gasteiger partial charge in [-0.05, 0) is 81.9 Å². The van der Waals surface area contributed by atoms with Gasteiger partial charge in [-0.3, -0.25) is 0 Å². The predicted octanol–water partition coefficient (Wildman–Crippen LogP) is 17.1. The second-order valence-electron chi connectivity index (χ2n) is 14.6. The van der Waals surface area contributed by atoms with Crippen LogP contribution in [-0.2, 0) is 0 Å². The summed E-state index contributed by atoms with van der Waals surface area (Å²) in [5.41, 5.74) is 16.5. The van der Waals surface area contributed by atoms with Crippen molar-refractivity contribution >= 4 is 55.4 Å². The maximum Gasteiger partial charge on any atom is 0.109 e. The topological polar surface area (TPSA) is 6.48 Å². The number of para-hydroxylation sites is 2. The Kier molecular flexibility index (Phi) is 10.5. The molecule has 2 heterocycles. The van der Waals surface area contributed by atoms with Crippen molar-refractivity contribution in [1.82, 2.24) is 0 Å². The minimum Gasteiger partial charge on any atom is -0.301 e. The van der Waals surface area contributed by atoms with Crippen LogP contribution in [0.1, 0.15) is 0 Å². The standard InChI is InChI=1S/C56H40N2S2/c1-7-19-43(20-8-1)51-39-59-55(53(51)45-23-11-3-12-24-45)57(47-27-15-5-16-28-47)49-35-31-41(32-36-49)42-33-37-50(38-34-42)58(48-29-17-6-18-30-48)56-54(46-25-13-4-14-26-46)52(40-60-56)44-21-9-2-10-22-44/h1-40H. The maximum atomic E-state index is 2.40. The van der Waals surface area contributed by atoms with E-state index >= 15 is 0 Å². The first kappa shape index (κ1) is 37.1. The molecule has 2 nitrogen and oxygen atoms in total. The van der Waals surface area contributed by atoms with Gasteiger partial charge in [0.1, 0.15) is 10.0 Å². The fourth-order valence-electron chi connectivity index (χ4n) is 7.98. The van der Waals surface area contributed by atoms with Crippen LogP contribution in [0.3, 0.4) is 0 Å². The van der Waals surface area contributed by atoms with Crippen molar-refractivity contribution in [3.05, 3.63) is 241 Å². The lowest BCUT2D eigenvalue weighted by molar-refractivity contribution is 1.31. The fourth-order valence-corrected chi connectivity index (χ4v) is 10.3. The Labute approximate surface area is 360 Å². The monoisotopic (exact) mass is 804 g/mol. The Morgan fingerprint density at radius 1 is 0.233 bits per heavy atom. The lowest BCUT2D eigenvalue weighted by Gasteiger charge is -2.26. The van der Waals surface area contributed by atoms with Gasteiger partial charge in [-0.2, -0.15) is 0 Å². The van der Waals surface area contributed by atoms with Crippen molar-refractivity contribution in [3.63, 3.8) is 0 Å². The molecule has 0 saturated heterocycles. The van der Waals surface area contributed by atoms with Crippen LogP contribution in [0, 0.1) is 0 Å². The summed E-state index contributed by atoms with van der Waals surface area (Å²) in [6.07, 6.45) is 0. The van der Waals surface area contributed by atoms with Crippen molar-refractivity contribution in [2.75, 3.05) is 9.80 Å². The average Bonchev–Trinajstić information content (AvgIpc) is 3.97. The third-order valence-electron chi connectivity index (χ3n) is 10.9. The molecular weight excluding hydrogens is 765 g/mol. The molecule has 286 valence electrons. The predicted molar refractivity (Wildman–Crippen MR) is 259 cm³/mol. The summed E-state index contributed by atoms with van der Waals surface area (Å²) in [5, 5.41) is 6.98. The van der Waals surface area contributed by atoms with Gasteiger partial charge < -0.3 is 9.80 Å².